The van der Waals surface area contributed by atoms with E-state index in [1.807, 2.05) is 72.8 Å². The molecule has 0 amide bonds. The minimum absolute atomic E-state index is 0.0481. The van der Waals surface area contributed by atoms with Crippen molar-refractivity contribution in [2.75, 3.05) is 12.4 Å². The minimum Gasteiger partial charge on any atom is -0.496 e. The van der Waals surface area contributed by atoms with Crippen LogP contribution in [0.25, 0.3) is 6.08 Å². The zero-order valence-corrected chi connectivity index (χ0v) is 21.1. The Morgan fingerprint density at radius 1 is 0.917 bits per heavy atom. The molecule has 0 atom stereocenters. The van der Waals surface area contributed by atoms with Gasteiger partial charge in [0.15, 0.2) is 5.78 Å². The molecule has 1 aliphatic rings. The lowest BCUT2D eigenvalue weighted by atomic mass is 10.1. The average Bonchev–Trinajstić information content (AvgIpc) is 2.93. The Hall–Kier alpha value is -3.96. The summed E-state index contributed by atoms with van der Waals surface area (Å²) in [6.45, 7) is 2.51. The van der Waals surface area contributed by atoms with Crippen LogP contribution in [0.3, 0.4) is 0 Å². The van der Waals surface area contributed by atoms with E-state index in [9.17, 15) is 4.79 Å². The number of para-hydroxylation sites is 1. The molecule has 180 valence electrons. The first-order chi connectivity index (χ1) is 17.6. The molecule has 5 rings (SSSR count). The van der Waals surface area contributed by atoms with E-state index in [2.05, 4.69) is 30.4 Å². The topological polar surface area (TPSA) is 47.6 Å². The molecule has 1 heterocycles. The van der Waals surface area contributed by atoms with Crippen LogP contribution in [0.5, 0.6) is 11.5 Å². The van der Waals surface area contributed by atoms with Crippen LogP contribution in [0.2, 0.25) is 0 Å². The Morgan fingerprint density at radius 3 is 2.53 bits per heavy atom. The molecule has 0 unspecified atom stereocenters. The normalized spacial score (nSPS) is 11.9. The Morgan fingerprint density at radius 2 is 1.72 bits per heavy atom. The zero-order valence-electron chi connectivity index (χ0n) is 20.3. The van der Waals surface area contributed by atoms with Crippen LogP contribution in [0.1, 0.15) is 34.0 Å². The van der Waals surface area contributed by atoms with Gasteiger partial charge < -0.3 is 14.8 Å². The molecule has 0 aromatic heterocycles. The molecule has 0 saturated heterocycles. The number of carbonyl (C=O) groups is 1. The van der Waals surface area contributed by atoms with Crippen LogP contribution in [-0.4, -0.2) is 12.9 Å². The summed E-state index contributed by atoms with van der Waals surface area (Å²) in [5.41, 5.74) is 5.75. The van der Waals surface area contributed by atoms with Crippen LogP contribution < -0.4 is 14.8 Å². The number of allylic oxidation sites excluding steroid dienone is 1. The summed E-state index contributed by atoms with van der Waals surface area (Å²) in [4.78, 5) is 15.2. The number of aryl methyl sites for hydroxylation is 1. The lowest BCUT2D eigenvalue weighted by molar-refractivity contribution is 0.104. The molecular formula is C31H27NO3S. The quantitative estimate of drug-likeness (QED) is 0.176. The van der Waals surface area contributed by atoms with E-state index in [1.54, 1.807) is 24.9 Å². The van der Waals surface area contributed by atoms with Gasteiger partial charge in [-0.25, -0.2) is 0 Å². The summed E-state index contributed by atoms with van der Waals surface area (Å²) < 4.78 is 11.5. The number of carbonyl (C=O) groups excluding carboxylic acids is 1. The smallest absolute Gasteiger partial charge is 0.185 e. The van der Waals surface area contributed by atoms with Gasteiger partial charge in [0.25, 0.3) is 0 Å². The summed E-state index contributed by atoms with van der Waals surface area (Å²) in [6.07, 6.45) is 4.44. The number of hydrogen-bond acceptors (Lipinski definition) is 5. The molecule has 36 heavy (non-hydrogen) atoms. The maximum absolute atomic E-state index is 12.9. The maximum Gasteiger partial charge on any atom is 0.185 e. The fourth-order valence-corrected chi connectivity index (χ4v) is 5.03. The standard InChI is InChI=1S/C31H27NO3S/c1-3-21-8-13-25(14-9-21)35-20-24-18-22(11-16-29(24)34-2)10-15-28(33)23-12-17-31-27(19-23)32-26-6-4-5-7-30(26)36-31/h4-19,32H,3,20H2,1-2H3/b15-10+. The molecule has 4 aromatic rings. The van der Waals surface area contributed by atoms with Gasteiger partial charge in [-0.1, -0.05) is 55.1 Å². The molecule has 4 nitrogen and oxygen atoms in total. The molecule has 0 saturated carbocycles. The highest BCUT2D eigenvalue weighted by Crippen LogP contribution is 2.44. The molecule has 4 aromatic carbocycles. The molecule has 5 heteroatoms. The monoisotopic (exact) mass is 493 g/mol. The lowest BCUT2D eigenvalue weighted by Gasteiger charge is -2.20. The van der Waals surface area contributed by atoms with Crippen molar-refractivity contribution >= 4 is 35.0 Å². The van der Waals surface area contributed by atoms with Crippen LogP contribution in [0, 0.1) is 0 Å². The Balaban J connectivity index is 1.29. The third-order valence-electron chi connectivity index (χ3n) is 6.10. The third-order valence-corrected chi connectivity index (χ3v) is 7.25. The number of methoxy groups -OCH3 is 1. The highest BCUT2D eigenvalue weighted by Gasteiger charge is 2.16. The van der Waals surface area contributed by atoms with E-state index in [1.165, 1.54) is 10.5 Å². The van der Waals surface area contributed by atoms with Crippen molar-refractivity contribution in [3.05, 3.63) is 113 Å². The van der Waals surface area contributed by atoms with Crippen molar-refractivity contribution in [1.82, 2.24) is 0 Å². The number of fused-ring (bicyclic) bond motifs is 2. The molecule has 0 bridgehead atoms. The first kappa shape index (κ1) is 23.8. The predicted molar refractivity (Wildman–Crippen MR) is 147 cm³/mol. The number of benzene rings is 4. The second-order valence-electron chi connectivity index (χ2n) is 8.49. The molecule has 0 spiro atoms. The first-order valence-electron chi connectivity index (χ1n) is 11.9. The largest absolute Gasteiger partial charge is 0.496 e. The zero-order chi connectivity index (χ0) is 24.9. The number of ether oxygens (including phenoxy) is 2. The summed E-state index contributed by atoms with van der Waals surface area (Å²) in [7, 11) is 1.65. The average molecular weight is 494 g/mol. The lowest BCUT2D eigenvalue weighted by Crippen LogP contribution is -2.02. The summed E-state index contributed by atoms with van der Waals surface area (Å²) in [6, 6.07) is 27.9. The highest BCUT2D eigenvalue weighted by atomic mass is 32.2. The van der Waals surface area contributed by atoms with E-state index < -0.39 is 0 Å². The van der Waals surface area contributed by atoms with Gasteiger partial charge in [-0.3, -0.25) is 4.79 Å². The number of rotatable bonds is 8. The SMILES string of the molecule is CCc1ccc(OCc2cc(/C=C/C(=O)c3ccc4c(c3)Nc3ccccc3S4)ccc2OC)cc1. The molecule has 0 radical (unpaired) electrons. The van der Waals surface area contributed by atoms with E-state index >= 15 is 0 Å². The Labute approximate surface area is 216 Å². The van der Waals surface area contributed by atoms with Gasteiger partial charge in [-0.15, -0.1) is 0 Å². The fourth-order valence-electron chi connectivity index (χ4n) is 4.06. The maximum atomic E-state index is 12.9. The van der Waals surface area contributed by atoms with Gasteiger partial charge in [0.2, 0.25) is 0 Å². The van der Waals surface area contributed by atoms with Crippen molar-refractivity contribution in [2.24, 2.45) is 0 Å². The summed E-state index contributed by atoms with van der Waals surface area (Å²) >= 11 is 1.71. The van der Waals surface area contributed by atoms with Gasteiger partial charge in [-0.05, 0) is 78.2 Å². The number of nitrogens with one attached hydrogen (secondary N) is 1. The van der Waals surface area contributed by atoms with Gasteiger partial charge in [0.1, 0.15) is 18.1 Å². The Bertz CT molecular complexity index is 1430. The van der Waals surface area contributed by atoms with Gasteiger partial charge in [0.05, 0.1) is 18.5 Å². The molecule has 1 aliphatic heterocycles. The van der Waals surface area contributed by atoms with E-state index in [-0.39, 0.29) is 5.78 Å². The predicted octanol–water partition coefficient (Wildman–Crippen LogP) is 7.94. The number of ketones is 1. The van der Waals surface area contributed by atoms with Crippen molar-refractivity contribution < 1.29 is 14.3 Å². The van der Waals surface area contributed by atoms with Crippen molar-refractivity contribution in [1.29, 1.82) is 0 Å². The summed E-state index contributed by atoms with van der Waals surface area (Å²) in [5.74, 6) is 1.52. The van der Waals surface area contributed by atoms with Crippen LogP contribution in [0.15, 0.2) is 101 Å². The van der Waals surface area contributed by atoms with Gasteiger partial charge in [0, 0.05) is 20.9 Å². The number of anilines is 2. The number of hydrogen-bond donors (Lipinski definition) is 1. The van der Waals surface area contributed by atoms with Gasteiger partial charge >= 0.3 is 0 Å². The van der Waals surface area contributed by atoms with E-state index in [0.29, 0.717) is 12.2 Å². The van der Waals surface area contributed by atoms with Crippen LogP contribution in [0.4, 0.5) is 11.4 Å². The molecular weight excluding hydrogens is 466 g/mol. The summed E-state index contributed by atoms with van der Waals surface area (Å²) in [5, 5.41) is 3.44. The van der Waals surface area contributed by atoms with E-state index in [4.69, 9.17) is 9.47 Å². The molecule has 0 aliphatic carbocycles. The second-order valence-corrected chi connectivity index (χ2v) is 9.57. The van der Waals surface area contributed by atoms with E-state index in [0.717, 1.165) is 45.3 Å². The minimum atomic E-state index is -0.0481. The van der Waals surface area contributed by atoms with Crippen LogP contribution in [-0.2, 0) is 13.0 Å². The second kappa shape index (κ2) is 10.8. The molecule has 1 N–H and O–H groups in total. The fraction of sp³-hybridized carbons (Fsp3) is 0.129. The third kappa shape index (κ3) is 5.31. The first-order valence-corrected chi connectivity index (χ1v) is 12.7. The van der Waals surface area contributed by atoms with Gasteiger partial charge in [-0.2, -0.15) is 0 Å². The van der Waals surface area contributed by atoms with Crippen molar-refractivity contribution in [2.45, 2.75) is 29.7 Å². The molecule has 0 fully saturated rings. The Kier molecular flexibility index (Phi) is 7.10. The van der Waals surface area contributed by atoms with Crippen molar-refractivity contribution in [3.63, 3.8) is 0 Å². The van der Waals surface area contributed by atoms with Crippen LogP contribution >= 0.6 is 11.8 Å². The highest BCUT2D eigenvalue weighted by molar-refractivity contribution is 7.99. The van der Waals surface area contributed by atoms with Crippen molar-refractivity contribution in [3.8, 4) is 11.5 Å².